The van der Waals surface area contributed by atoms with Crippen molar-refractivity contribution in [3.05, 3.63) is 53.1 Å². The Labute approximate surface area is 114 Å². The minimum absolute atomic E-state index is 0.0597. The summed E-state index contributed by atoms with van der Waals surface area (Å²) < 4.78 is 18.2. The molecule has 1 N–H and O–H groups in total. The van der Waals surface area contributed by atoms with E-state index in [0.29, 0.717) is 11.4 Å². The number of amides is 1. The number of methoxy groups -OCH3 is 1. The number of nitrogens with zero attached hydrogens (tertiary/aromatic N) is 1. The Morgan fingerprint density at radius 2 is 2.21 bits per heavy atom. The Morgan fingerprint density at radius 3 is 2.95 bits per heavy atom. The second kappa shape index (κ2) is 5.67. The Balaban J connectivity index is 2.23. The molecule has 0 fully saturated rings. The first-order valence-corrected chi connectivity index (χ1v) is 5.74. The van der Waals surface area contributed by atoms with Crippen molar-refractivity contribution in [1.29, 1.82) is 0 Å². The number of nitrogens with one attached hydrogen (secondary N) is 1. The first-order chi connectivity index (χ1) is 9.11. The third-order valence-electron chi connectivity index (χ3n) is 2.40. The van der Waals surface area contributed by atoms with Gasteiger partial charge in [-0.25, -0.2) is 4.39 Å². The minimum atomic E-state index is -0.641. The lowest BCUT2D eigenvalue weighted by Gasteiger charge is -2.07. The van der Waals surface area contributed by atoms with Crippen LogP contribution >= 0.6 is 11.6 Å². The van der Waals surface area contributed by atoms with Gasteiger partial charge in [-0.3, -0.25) is 9.78 Å². The normalized spacial score (nSPS) is 10.1. The maximum Gasteiger partial charge on any atom is 0.257 e. The average molecular weight is 281 g/mol. The van der Waals surface area contributed by atoms with Crippen molar-refractivity contribution in [3.8, 4) is 5.75 Å². The molecule has 0 atom stereocenters. The van der Waals surface area contributed by atoms with Crippen LogP contribution in [-0.2, 0) is 0 Å². The molecule has 1 aromatic heterocycles. The predicted octanol–water partition coefficient (Wildman–Crippen LogP) is 3.14. The molecule has 2 aromatic rings. The summed E-state index contributed by atoms with van der Waals surface area (Å²) in [6.45, 7) is 0. The lowest BCUT2D eigenvalue weighted by atomic mass is 10.2. The van der Waals surface area contributed by atoms with Crippen LogP contribution in [0.25, 0.3) is 0 Å². The van der Waals surface area contributed by atoms with Crippen molar-refractivity contribution < 1.29 is 13.9 Å². The Kier molecular flexibility index (Phi) is 3.97. The van der Waals surface area contributed by atoms with Gasteiger partial charge >= 0.3 is 0 Å². The zero-order valence-electron chi connectivity index (χ0n) is 9.98. The molecule has 0 unspecified atom stereocenters. The number of carbonyl (C=O) groups is 1. The fourth-order valence-corrected chi connectivity index (χ4v) is 1.69. The summed E-state index contributed by atoms with van der Waals surface area (Å²) in [6.07, 6.45) is 2.96. The topological polar surface area (TPSA) is 51.2 Å². The summed E-state index contributed by atoms with van der Waals surface area (Å²) in [5.41, 5.74) is 0.495. The number of halogens is 2. The van der Waals surface area contributed by atoms with Crippen molar-refractivity contribution in [2.75, 3.05) is 12.4 Å². The summed E-state index contributed by atoms with van der Waals surface area (Å²) in [5.74, 6) is -0.652. The molecule has 1 amide bonds. The van der Waals surface area contributed by atoms with Crippen LogP contribution in [0.3, 0.4) is 0 Å². The minimum Gasteiger partial charge on any atom is -0.495 e. The molecule has 0 aliphatic heterocycles. The smallest absolute Gasteiger partial charge is 0.257 e. The highest BCUT2D eigenvalue weighted by atomic mass is 35.5. The molecular formula is C13H10ClFN2O2. The van der Waals surface area contributed by atoms with Gasteiger partial charge in [0.15, 0.2) is 0 Å². The average Bonchev–Trinajstić information content (AvgIpc) is 2.42. The maximum absolute atomic E-state index is 13.3. The Bertz CT molecular complexity index is 619. The molecule has 98 valence electrons. The number of rotatable bonds is 3. The van der Waals surface area contributed by atoms with E-state index in [2.05, 4.69) is 10.3 Å². The number of benzene rings is 1. The van der Waals surface area contributed by atoms with Crippen LogP contribution in [0.1, 0.15) is 10.4 Å². The fraction of sp³-hybridized carbons (Fsp3) is 0.0769. The number of hydrogen-bond donors (Lipinski definition) is 1. The fourth-order valence-electron chi connectivity index (χ4n) is 1.48. The molecule has 0 bridgehead atoms. The van der Waals surface area contributed by atoms with Crippen LogP contribution in [0.15, 0.2) is 36.7 Å². The van der Waals surface area contributed by atoms with E-state index >= 15 is 0 Å². The number of ether oxygens (including phenoxy) is 1. The molecule has 6 heteroatoms. The highest BCUT2D eigenvalue weighted by molar-refractivity contribution is 6.34. The predicted molar refractivity (Wildman–Crippen MR) is 70.2 cm³/mol. The second-order valence-electron chi connectivity index (χ2n) is 3.67. The lowest BCUT2D eigenvalue weighted by molar-refractivity contribution is 0.102. The van der Waals surface area contributed by atoms with E-state index in [1.165, 1.54) is 37.7 Å². The molecule has 0 saturated carbocycles. The molecule has 2 rings (SSSR count). The summed E-state index contributed by atoms with van der Waals surface area (Å²) >= 11 is 5.74. The van der Waals surface area contributed by atoms with Gasteiger partial charge in [-0.15, -0.1) is 0 Å². The molecule has 0 saturated heterocycles. The molecule has 4 nitrogen and oxygen atoms in total. The van der Waals surface area contributed by atoms with Gasteiger partial charge in [0, 0.05) is 6.07 Å². The first kappa shape index (κ1) is 13.3. The van der Waals surface area contributed by atoms with Gasteiger partial charge in [0.1, 0.15) is 11.6 Å². The van der Waals surface area contributed by atoms with E-state index in [9.17, 15) is 9.18 Å². The zero-order chi connectivity index (χ0) is 13.8. The quantitative estimate of drug-likeness (QED) is 0.940. The van der Waals surface area contributed by atoms with Gasteiger partial charge in [-0.2, -0.15) is 0 Å². The number of aromatic nitrogens is 1. The summed E-state index contributed by atoms with van der Waals surface area (Å²) in [4.78, 5) is 15.9. The molecule has 0 aliphatic rings. The highest BCUT2D eigenvalue weighted by Gasteiger charge is 2.13. The first-order valence-electron chi connectivity index (χ1n) is 5.36. The molecular weight excluding hydrogens is 271 g/mol. The molecule has 1 aromatic carbocycles. The van der Waals surface area contributed by atoms with E-state index < -0.39 is 11.7 Å². The molecule has 0 radical (unpaired) electrons. The van der Waals surface area contributed by atoms with Gasteiger partial charge in [0.05, 0.1) is 35.8 Å². The van der Waals surface area contributed by atoms with Crippen molar-refractivity contribution in [2.24, 2.45) is 0 Å². The van der Waals surface area contributed by atoms with Gasteiger partial charge in [0.25, 0.3) is 5.91 Å². The lowest BCUT2D eigenvalue weighted by Crippen LogP contribution is -2.13. The number of carbonyl (C=O) groups excluding carboxylic acids is 1. The number of pyridine rings is 1. The van der Waals surface area contributed by atoms with Crippen LogP contribution in [0.4, 0.5) is 10.1 Å². The van der Waals surface area contributed by atoms with E-state index in [0.717, 1.165) is 0 Å². The molecule has 0 spiro atoms. The Morgan fingerprint density at radius 1 is 1.42 bits per heavy atom. The SMILES string of the molecule is COc1cncc(NC(=O)c2cccc(F)c2Cl)c1. The van der Waals surface area contributed by atoms with E-state index in [1.54, 1.807) is 6.07 Å². The van der Waals surface area contributed by atoms with Crippen molar-refractivity contribution in [3.63, 3.8) is 0 Å². The highest BCUT2D eigenvalue weighted by Crippen LogP contribution is 2.21. The van der Waals surface area contributed by atoms with Crippen LogP contribution in [0, 0.1) is 5.82 Å². The van der Waals surface area contributed by atoms with E-state index in [4.69, 9.17) is 16.3 Å². The zero-order valence-corrected chi connectivity index (χ0v) is 10.7. The van der Waals surface area contributed by atoms with Gasteiger partial charge in [0.2, 0.25) is 0 Å². The van der Waals surface area contributed by atoms with Crippen LogP contribution in [-0.4, -0.2) is 18.0 Å². The van der Waals surface area contributed by atoms with Crippen LogP contribution < -0.4 is 10.1 Å². The van der Waals surface area contributed by atoms with E-state index in [1.807, 2.05) is 0 Å². The van der Waals surface area contributed by atoms with Gasteiger partial charge in [-0.05, 0) is 12.1 Å². The second-order valence-corrected chi connectivity index (χ2v) is 4.05. The van der Waals surface area contributed by atoms with Crippen molar-refractivity contribution in [1.82, 2.24) is 4.98 Å². The van der Waals surface area contributed by atoms with Gasteiger partial charge in [-0.1, -0.05) is 17.7 Å². The summed E-state index contributed by atoms with van der Waals surface area (Å²) in [7, 11) is 1.49. The number of hydrogen-bond acceptors (Lipinski definition) is 3. The number of anilines is 1. The molecule has 1 heterocycles. The standard InChI is InChI=1S/C13H10ClFN2O2/c1-19-9-5-8(6-16-7-9)17-13(18)10-3-2-4-11(15)12(10)14/h2-7H,1H3,(H,17,18). The third kappa shape index (κ3) is 3.00. The van der Waals surface area contributed by atoms with Crippen molar-refractivity contribution in [2.45, 2.75) is 0 Å². The van der Waals surface area contributed by atoms with Crippen LogP contribution in [0.2, 0.25) is 5.02 Å². The molecule has 19 heavy (non-hydrogen) atoms. The van der Waals surface area contributed by atoms with Crippen LogP contribution in [0.5, 0.6) is 5.75 Å². The third-order valence-corrected chi connectivity index (χ3v) is 2.79. The summed E-state index contributed by atoms with van der Waals surface area (Å²) in [6, 6.07) is 5.64. The van der Waals surface area contributed by atoms with Crippen molar-refractivity contribution >= 4 is 23.2 Å². The molecule has 0 aliphatic carbocycles. The monoisotopic (exact) mass is 280 g/mol. The van der Waals surface area contributed by atoms with E-state index in [-0.39, 0.29) is 10.6 Å². The largest absolute Gasteiger partial charge is 0.495 e. The Hall–Kier alpha value is -2.14. The summed E-state index contributed by atoms with van der Waals surface area (Å²) in [5, 5.41) is 2.36. The maximum atomic E-state index is 13.3. The van der Waals surface area contributed by atoms with Gasteiger partial charge < -0.3 is 10.1 Å².